The number of Topliss-reactive ketones (excluding diaryl/α,β-unsaturated/α-hetero) is 2. The van der Waals surface area contributed by atoms with E-state index in [2.05, 4.69) is 6.58 Å². The molecule has 4 heteroatoms. The first-order valence-electron chi connectivity index (χ1n) is 5.95. The summed E-state index contributed by atoms with van der Waals surface area (Å²) in [6, 6.07) is 0. The van der Waals surface area contributed by atoms with Crippen molar-refractivity contribution in [3.8, 4) is 0 Å². The fourth-order valence-corrected chi connectivity index (χ4v) is 3.70. The third-order valence-corrected chi connectivity index (χ3v) is 4.40. The molecule has 0 spiro atoms. The zero-order chi connectivity index (χ0) is 12.3. The van der Waals surface area contributed by atoms with Gasteiger partial charge >= 0.3 is 5.97 Å². The standard InChI is InChI=1S/C13H14O4/c1-5(2)13(16)17-12-6-3-7-8(4-6)10(14)11(15)9(7)12/h6-9,12H,1,3-4H2,2H3. The quantitative estimate of drug-likeness (QED) is 0.404. The number of rotatable bonds is 2. The minimum Gasteiger partial charge on any atom is -0.458 e. The molecule has 3 rings (SSSR count). The van der Waals surface area contributed by atoms with Gasteiger partial charge in [0, 0.05) is 11.5 Å². The summed E-state index contributed by atoms with van der Waals surface area (Å²) in [5.74, 6) is -1.15. The zero-order valence-electron chi connectivity index (χ0n) is 9.64. The van der Waals surface area contributed by atoms with Gasteiger partial charge in [0.25, 0.3) is 0 Å². The number of carbonyl (C=O) groups is 3. The van der Waals surface area contributed by atoms with E-state index in [0.29, 0.717) is 12.0 Å². The van der Waals surface area contributed by atoms with Crippen molar-refractivity contribution in [1.82, 2.24) is 0 Å². The van der Waals surface area contributed by atoms with Crippen molar-refractivity contribution < 1.29 is 19.1 Å². The van der Waals surface area contributed by atoms with E-state index in [1.807, 2.05) is 0 Å². The predicted molar refractivity (Wildman–Crippen MR) is 57.9 cm³/mol. The number of carbonyl (C=O) groups excluding carboxylic acids is 3. The van der Waals surface area contributed by atoms with Gasteiger partial charge < -0.3 is 4.74 Å². The maximum Gasteiger partial charge on any atom is 0.333 e. The molecule has 2 bridgehead atoms. The van der Waals surface area contributed by atoms with Crippen LogP contribution >= 0.6 is 0 Å². The highest BCUT2D eigenvalue weighted by molar-refractivity contribution is 6.41. The Kier molecular flexibility index (Phi) is 2.06. The molecule has 0 aromatic heterocycles. The van der Waals surface area contributed by atoms with Crippen molar-refractivity contribution in [3.63, 3.8) is 0 Å². The van der Waals surface area contributed by atoms with Crippen LogP contribution in [0, 0.1) is 23.7 Å². The zero-order valence-corrected chi connectivity index (χ0v) is 9.64. The number of ether oxygens (including phenoxy) is 1. The van der Waals surface area contributed by atoms with E-state index in [1.165, 1.54) is 0 Å². The Morgan fingerprint density at radius 2 is 2.00 bits per heavy atom. The summed E-state index contributed by atoms with van der Waals surface area (Å²) >= 11 is 0. The van der Waals surface area contributed by atoms with Gasteiger partial charge in [0.05, 0.1) is 5.92 Å². The van der Waals surface area contributed by atoms with Gasteiger partial charge in [-0.2, -0.15) is 0 Å². The Bertz CT molecular complexity index is 450. The molecule has 5 unspecified atom stereocenters. The van der Waals surface area contributed by atoms with Crippen LogP contribution in [0.3, 0.4) is 0 Å². The van der Waals surface area contributed by atoms with Crippen molar-refractivity contribution in [2.24, 2.45) is 23.7 Å². The van der Waals surface area contributed by atoms with Gasteiger partial charge in [-0.15, -0.1) is 0 Å². The first-order valence-corrected chi connectivity index (χ1v) is 5.95. The first-order chi connectivity index (χ1) is 8.00. The number of hydrogen-bond donors (Lipinski definition) is 0. The van der Waals surface area contributed by atoms with Crippen LogP contribution in [-0.4, -0.2) is 23.6 Å². The van der Waals surface area contributed by atoms with Gasteiger partial charge in [-0.05, 0) is 31.6 Å². The third-order valence-electron chi connectivity index (χ3n) is 4.40. The Balaban J connectivity index is 1.85. The maximum absolute atomic E-state index is 11.8. The van der Waals surface area contributed by atoms with Crippen LogP contribution in [0.25, 0.3) is 0 Å². The molecule has 90 valence electrons. The maximum atomic E-state index is 11.8. The largest absolute Gasteiger partial charge is 0.458 e. The number of fused-ring (bicyclic) bond motifs is 1. The van der Waals surface area contributed by atoms with Gasteiger partial charge in [-0.1, -0.05) is 6.58 Å². The predicted octanol–water partition coefficient (Wildman–Crippen LogP) is 0.898. The lowest BCUT2D eigenvalue weighted by Gasteiger charge is -2.26. The first kappa shape index (κ1) is 10.7. The van der Waals surface area contributed by atoms with Crippen LogP contribution in [0.2, 0.25) is 0 Å². The molecule has 5 atom stereocenters. The second kappa shape index (κ2) is 3.28. The molecular formula is C13H14O4. The molecule has 0 saturated heterocycles. The molecule has 0 amide bonds. The lowest BCUT2D eigenvalue weighted by atomic mass is 9.86. The fraction of sp³-hybridized carbons (Fsp3) is 0.615. The normalized spacial score (nSPS) is 42.1. The van der Waals surface area contributed by atoms with Crippen molar-refractivity contribution in [2.75, 3.05) is 0 Å². The van der Waals surface area contributed by atoms with Crippen molar-refractivity contribution in [2.45, 2.75) is 25.9 Å². The van der Waals surface area contributed by atoms with E-state index in [-0.39, 0.29) is 41.3 Å². The van der Waals surface area contributed by atoms with Crippen LogP contribution in [-0.2, 0) is 19.1 Å². The minimum absolute atomic E-state index is 0.0859. The minimum atomic E-state index is -0.453. The van der Waals surface area contributed by atoms with E-state index in [0.717, 1.165) is 6.42 Å². The molecule has 0 aromatic rings. The topological polar surface area (TPSA) is 60.4 Å². The lowest BCUT2D eigenvalue weighted by molar-refractivity contribution is -0.151. The highest BCUT2D eigenvalue weighted by Crippen LogP contribution is 2.57. The summed E-state index contributed by atoms with van der Waals surface area (Å²) in [5.41, 5.74) is 0.334. The Morgan fingerprint density at radius 3 is 2.65 bits per heavy atom. The summed E-state index contributed by atoms with van der Waals surface area (Å²) in [7, 11) is 0. The SMILES string of the molecule is C=C(C)C(=O)OC1C2CC3C(=O)C(=O)C1C3C2. The van der Waals surface area contributed by atoms with Gasteiger partial charge in [0.1, 0.15) is 6.10 Å². The summed E-state index contributed by atoms with van der Waals surface area (Å²) in [6.45, 7) is 5.11. The van der Waals surface area contributed by atoms with Gasteiger partial charge in [-0.3, -0.25) is 9.59 Å². The second-order valence-corrected chi connectivity index (χ2v) is 5.41. The number of esters is 1. The van der Waals surface area contributed by atoms with Crippen molar-refractivity contribution >= 4 is 17.5 Å². The van der Waals surface area contributed by atoms with E-state index >= 15 is 0 Å². The molecule has 0 aliphatic heterocycles. The average molecular weight is 234 g/mol. The molecule has 4 nitrogen and oxygen atoms in total. The lowest BCUT2D eigenvalue weighted by Crippen LogP contribution is -2.34. The summed E-state index contributed by atoms with van der Waals surface area (Å²) < 4.78 is 5.34. The highest BCUT2D eigenvalue weighted by atomic mass is 16.5. The molecule has 3 saturated carbocycles. The number of ketones is 2. The molecular weight excluding hydrogens is 220 g/mol. The Hall–Kier alpha value is -1.45. The van der Waals surface area contributed by atoms with Crippen molar-refractivity contribution in [1.29, 1.82) is 0 Å². The van der Waals surface area contributed by atoms with Gasteiger partial charge in [0.2, 0.25) is 11.6 Å². The smallest absolute Gasteiger partial charge is 0.333 e. The van der Waals surface area contributed by atoms with Crippen LogP contribution in [0.1, 0.15) is 19.8 Å². The highest BCUT2D eigenvalue weighted by Gasteiger charge is 2.65. The number of hydrogen-bond acceptors (Lipinski definition) is 4. The van der Waals surface area contributed by atoms with E-state index in [9.17, 15) is 14.4 Å². The molecule has 0 heterocycles. The van der Waals surface area contributed by atoms with Crippen molar-refractivity contribution in [3.05, 3.63) is 12.2 Å². The third kappa shape index (κ3) is 1.27. The Labute approximate surface area is 99.0 Å². The summed E-state index contributed by atoms with van der Waals surface area (Å²) in [5, 5.41) is 0. The van der Waals surface area contributed by atoms with Crippen LogP contribution in [0.5, 0.6) is 0 Å². The van der Waals surface area contributed by atoms with Crippen LogP contribution in [0.15, 0.2) is 12.2 Å². The monoisotopic (exact) mass is 234 g/mol. The molecule has 0 aromatic carbocycles. The van der Waals surface area contributed by atoms with E-state index < -0.39 is 5.97 Å². The molecule has 17 heavy (non-hydrogen) atoms. The van der Waals surface area contributed by atoms with Crippen LogP contribution < -0.4 is 0 Å². The Morgan fingerprint density at radius 1 is 1.29 bits per heavy atom. The van der Waals surface area contributed by atoms with E-state index in [4.69, 9.17) is 4.74 Å². The van der Waals surface area contributed by atoms with Gasteiger partial charge in [0.15, 0.2) is 0 Å². The summed E-state index contributed by atoms with van der Waals surface area (Å²) in [4.78, 5) is 35.0. The van der Waals surface area contributed by atoms with Crippen LogP contribution in [0.4, 0.5) is 0 Å². The molecule has 3 aliphatic carbocycles. The van der Waals surface area contributed by atoms with Gasteiger partial charge in [-0.25, -0.2) is 4.79 Å². The average Bonchev–Trinajstić information content (AvgIpc) is 2.87. The molecule has 0 radical (unpaired) electrons. The van der Waals surface area contributed by atoms with E-state index in [1.54, 1.807) is 6.92 Å². The second-order valence-electron chi connectivity index (χ2n) is 5.41. The molecule has 0 N–H and O–H groups in total. The summed E-state index contributed by atoms with van der Waals surface area (Å²) in [6.07, 6.45) is 1.17. The molecule has 3 fully saturated rings. The molecule has 3 aliphatic rings. The fourth-order valence-electron chi connectivity index (χ4n) is 3.70.